The molecule has 1 aromatic heterocycles. The normalized spacial score (nSPS) is 18.8. The molecule has 9 nitrogen and oxygen atoms in total. The molecule has 2 aliphatic rings. The van der Waals surface area contributed by atoms with E-state index in [1.165, 1.54) is 5.56 Å². The molecule has 2 unspecified atom stereocenters. The van der Waals surface area contributed by atoms with E-state index in [1.807, 2.05) is 67.6 Å². The van der Waals surface area contributed by atoms with Crippen LogP contribution >= 0.6 is 0 Å². The quantitative estimate of drug-likeness (QED) is 0.194. The maximum absolute atomic E-state index is 13.5. The van der Waals surface area contributed by atoms with Gasteiger partial charge in [-0.25, -0.2) is 9.48 Å². The minimum Gasteiger partial charge on any atom is -0.497 e. The molecule has 2 atom stereocenters. The second-order valence-electron chi connectivity index (χ2n) is 14.3. The van der Waals surface area contributed by atoms with Crippen LogP contribution in [0.15, 0.2) is 72.8 Å². The van der Waals surface area contributed by atoms with Gasteiger partial charge < -0.3 is 19.7 Å². The highest BCUT2D eigenvalue weighted by Crippen LogP contribution is 2.40. The van der Waals surface area contributed by atoms with Crippen LogP contribution in [0.3, 0.4) is 0 Å². The van der Waals surface area contributed by atoms with Crippen LogP contribution in [0, 0.1) is 12.8 Å². The first-order valence-electron chi connectivity index (χ1n) is 16.9. The fourth-order valence-electron chi connectivity index (χ4n) is 7.21. The molecule has 0 spiro atoms. The SMILES string of the molecule is COc1cc(CC(=O)N2C3CCC2CC(Cc2cccc(NC(=O)Nc4cc(C(C)(C)C)nn4-c4ccc(C)cc4)c2)C3)cc(OC)c1. The summed E-state index contributed by atoms with van der Waals surface area (Å²) in [6.07, 6.45) is 5.32. The third kappa shape index (κ3) is 7.51. The van der Waals surface area contributed by atoms with Gasteiger partial charge in [-0.3, -0.25) is 10.1 Å². The number of carbonyl (C=O) groups excluding carboxylic acids is 2. The summed E-state index contributed by atoms with van der Waals surface area (Å²) in [5.41, 5.74) is 5.58. The molecular formula is C39H47N5O4. The number of hydrogen-bond acceptors (Lipinski definition) is 5. The molecule has 252 valence electrons. The Morgan fingerprint density at radius 2 is 1.52 bits per heavy atom. The number of amides is 3. The summed E-state index contributed by atoms with van der Waals surface area (Å²) in [7, 11) is 3.25. The van der Waals surface area contributed by atoms with Crippen LogP contribution in [0.1, 0.15) is 68.8 Å². The van der Waals surface area contributed by atoms with Gasteiger partial charge in [0.1, 0.15) is 17.3 Å². The van der Waals surface area contributed by atoms with Crippen LogP contribution in [0.5, 0.6) is 11.5 Å². The molecule has 2 bridgehead atoms. The predicted octanol–water partition coefficient (Wildman–Crippen LogP) is 7.69. The zero-order valence-electron chi connectivity index (χ0n) is 28.9. The molecule has 0 aliphatic carbocycles. The Hall–Kier alpha value is -4.79. The van der Waals surface area contributed by atoms with Crippen LogP contribution in [-0.4, -0.2) is 52.9 Å². The Balaban J connectivity index is 1.08. The minimum atomic E-state index is -0.320. The van der Waals surface area contributed by atoms with Crippen molar-refractivity contribution < 1.29 is 19.1 Å². The van der Waals surface area contributed by atoms with Gasteiger partial charge in [0.2, 0.25) is 5.91 Å². The molecule has 2 aliphatic heterocycles. The first-order valence-corrected chi connectivity index (χ1v) is 16.9. The number of nitrogens with one attached hydrogen (secondary N) is 2. The number of nitrogens with zero attached hydrogens (tertiary/aromatic N) is 3. The summed E-state index contributed by atoms with van der Waals surface area (Å²) in [5.74, 6) is 2.65. The molecule has 2 fully saturated rings. The van der Waals surface area contributed by atoms with Crippen molar-refractivity contribution in [3.63, 3.8) is 0 Å². The van der Waals surface area contributed by atoms with Gasteiger partial charge in [0.05, 0.1) is 32.0 Å². The van der Waals surface area contributed by atoms with Crippen molar-refractivity contribution in [2.45, 2.75) is 83.7 Å². The van der Waals surface area contributed by atoms with E-state index in [9.17, 15) is 9.59 Å². The molecule has 9 heteroatoms. The fraction of sp³-hybridized carbons (Fsp3) is 0.410. The highest BCUT2D eigenvalue weighted by atomic mass is 16.5. The third-order valence-electron chi connectivity index (χ3n) is 9.59. The second-order valence-corrected chi connectivity index (χ2v) is 14.3. The maximum atomic E-state index is 13.5. The van der Waals surface area contributed by atoms with Crippen molar-refractivity contribution in [1.82, 2.24) is 14.7 Å². The van der Waals surface area contributed by atoms with Crippen molar-refractivity contribution in [3.05, 3.63) is 95.2 Å². The van der Waals surface area contributed by atoms with Gasteiger partial charge in [0.15, 0.2) is 0 Å². The number of aryl methyl sites for hydroxylation is 1. The van der Waals surface area contributed by atoms with Crippen molar-refractivity contribution in [1.29, 1.82) is 0 Å². The molecule has 0 radical (unpaired) electrons. The van der Waals surface area contributed by atoms with E-state index in [-0.39, 0.29) is 29.4 Å². The lowest BCUT2D eigenvalue weighted by atomic mass is 9.85. The lowest BCUT2D eigenvalue weighted by molar-refractivity contribution is -0.135. The Kier molecular flexibility index (Phi) is 9.49. The van der Waals surface area contributed by atoms with Crippen LogP contribution < -0.4 is 20.1 Å². The third-order valence-corrected chi connectivity index (χ3v) is 9.59. The van der Waals surface area contributed by atoms with E-state index in [4.69, 9.17) is 14.6 Å². The number of rotatable bonds is 9. The zero-order valence-corrected chi connectivity index (χ0v) is 28.9. The Morgan fingerprint density at radius 3 is 2.15 bits per heavy atom. The molecule has 2 saturated heterocycles. The summed E-state index contributed by atoms with van der Waals surface area (Å²) in [6, 6.07) is 24.0. The molecule has 2 N–H and O–H groups in total. The van der Waals surface area contributed by atoms with Gasteiger partial charge in [-0.05, 0) is 92.5 Å². The van der Waals surface area contributed by atoms with Crippen LogP contribution in [-0.2, 0) is 23.1 Å². The monoisotopic (exact) mass is 649 g/mol. The Labute approximate surface area is 283 Å². The van der Waals surface area contributed by atoms with Gasteiger partial charge >= 0.3 is 6.03 Å². The number of hydrogen-bond donors (Lipinski definition) is 2. The minimum absolute atomic E-state index is 0.173. The number of piperidine rings is 1. The number of methoxy groups -OCH3 is 2. The maximum Gasteiger partial charge on any atom is 0.324 e. The highest BCUT2D eigenvalue weighted by molar-refractivity contribution is 5.99. The van der Waals surface area contributed by atoms with E-state index >= 15 is 0 Å². The lowest BCUT2D eigenvalue weighted by Crippen LogP contribution is -2.47. The molecule has 48 heavy (non-hydrogen) atoms. The number of ether oxygens (including phenoxy) is 2. The highest BCUT2D eigenvalue weighted by Gasteiger charge is 2.42. The first-order chi connectivity index (χ1) is 23.0. The topological polar surface area (TPSA) is 97.7 Å². The van der Waals surface area contributed by atoms with Crippen LogP contribution in [0.25, 0.3) is 5.69 Å². The van der Waals surface area contributed by atoms with E-state index < -0.39 is 0 Å². The Bertz CT molecular complexity index is 1740. The van der Waals surface area contributed by atoms with E-state index in [0.29, 0.717) is 29.7 Å². The van der Waals surface area contributed by atoms with Gasteiger partial charge in [-0.1, -0.05) is 50.6 Å². The average Bonchev–Trinajstić information content (AvgIpc) is 3.59. The smallest absolute Gasteiger partial charge is 0.324 e. The molecule has 0 saturated carbocycles. The predicted molar refractivity (Wildman–Crippen MR) is 189 cm³/mol. The number of benzene rings is 3. The average molecular weight is 650 g/mol. The zero-order chi connectivity index (χ0) is 34.0. The lowest BCUT2D eigenvalue weighted by Gasteiger charge is -2.39. The summed E-state index contributed by atoms with van der Waals surface area (Å²) in [6.45, 7) is 8.37. The van der Waals surface area contributed by atoms with Crippen LogP contribution in [0.2, 0.25) is 0 Å². The van der Waals surface area contributed by atoms with Crippen molar-refractivity contribution in [2.75, 3.05) is 24.9 Å². The van der Waals surface area contributed by atoms with Gasteiger partial charge in [0, 0.05) is 35.3 Å². The largest absolute Gasteiger partial charge is 0.497 e. The van der Waals surface area contributed by atoms with E-state index in [2.05, 4.69) is 48.4 Å². The molecule has 3 amide bonds. The standard InChI is InChI=1S/C39H47N5O4/c1-25-10-12-30(13-11-25)44-36(24-35(42-44)39(2,3)4)41-38(46)40-29-9-7-8-26(17-29)16-27-18-31-14-15-32(19-27)43(31)37(45)22-28-20-33(47-5)23-34(21-28)48-6/h7-13,17,20-21,23-24,27,31-32H,14-16,18-19,22H2,1-6H3,(H2,40,41,46). The van der Waals surface area contributed by atoms with Gasteiger partial charge in [0.25, 0.3) is 0 Å². The summed E-state index contributed by atoms with van der Waals surface area (Å²) >= 11 is 0. The fourth-order valence-corrected chi connectivity index (χ4v) is 7.21. The molecular weight excluding hydrogens is 602 g/mol. The molecule has 3 heterocycles. The number of aromatic nitrogens is 2. The van der Waals surface area contributed by atoms with E-state index in [1.54, 1.807) is 18.9 Å². The number of anilines is 2. The van der Waals surface area contributed by atoms with Gasteiger partial charge in [-0.2, -0.15) is 5.10 Å². The first kappa shape index (κ1) is 33.1. The van der Waals surface area contributed by atoms with E-state index in [0.717, 1.165) is 60.3 Å². The summed E-state index contributed by atoms with van der Waals surface area (Å²) < 4.78 is 12.6. The molecule has 4 aromatic rings. The molecule has 6 rings (SSSR count). The second kappa shape index (κ2) is 13.7. The van der Waals surface area contributed by atoms with Crippen molar-refractivity contribution in [3.8, 4) is 17.2 Å². The van der Waals surface area contributed by atoms with Crippen LogP contribution in [0.4, 0.5) is 16.3 Å². The van der Waals surface area contributed by atoms with Crippen molar-refractivity contribution >= 4 is 23.4 Å². The number of urea groups is 1. The van der Waals surface area contributed by atoms with Crippen molar-refractivity contribution in [2.24, 2.45) is 5.92 Å². The molecule has 3 aromatic carbocycles. The summed E-state index contributed by atoms with van der Waals surface area (Å²) in [5, 5.41) is 10.9. The Morgan fingerprint density at radius 1 is 0.854 bits per heavy atom. The van der Waals surface area contributed by atoms with Gasteiger partial charge in [-0.15, -0.1) is 0 Å². The summed E-state index contributed by atoms with van der Waals surface area (Å²) in [4.78, 5) is 28.9. The number of carbonyl (C=O) groups is 2. The number of fused-ring (bicyclic) bond motifs is 2.